The van der Waals surface area contributed by atoms with Gasteiger partial charge in [0, 0.05) is 12.2 Å². The normalized spacial score (nSPS) is 20.8. The maximum absolute atomic E-state index is 12.1. The highest BCUT2D eigenvalue weighted by Gasteiger charge is 2.30. The molecule has 0 bridgehead atoms. The quantitative estimate of drug-likeness (QED) is 0.833. The zero-order valence-corrected chi connectivity index (χ0v) is 10.1. The molecule has 2 rings (SSSR count). The van der Waals surface area contributed by atoms with Crippen molar-refractivity contribution in [3.05, 3.63) is 29.3 Å². The van der Waals surface area contributed by atoms with E-state index in [0.29, 0.717) is 13.2 Å². The number of hydrogen-bond acceptors (Lipinski definition) is 3. The average Bonchev–Trinajstić information content (AvgIpc) is 2.33. The molecule has 1 saturated heterocycles. The number of anilines is 1. The Hall–Kier alpha value is -1.39. The fourth-order valence-corrected chi connectivity index (χ4v) is 2.04. The standard InChI is InChI=1S/C13H17NO3/c1-9-4-3-5-11(10(9)2)14-6-7-17-12(8-15)13(14)16/h3-5,12,15H,6-8H2,1-2H3. The third-order valence-electron chi connectivity index (χ3n) is 3.21. The summed E-state index contributed by atoms with van der Waals surface area (Å²) in [6.45, 7) is 4.76. The van der Waals surface area contributed by atoms with E-state index < -0.39 is 6.10 Å². The Morgan fingerprint density at radius 2 is 2.24 bits per heavy atom. The number of benzene rings is 1. The Balaban J connectivity index is 2.33. The third kappa shape index (κ3) is 2.18. The zero-order chi connectivity index (χ0) is 12.4. The van der Waals surface area contributed by atoms with Crippen LogP contribution in [0.4, 0.5) is 5.69 Å². The molecule has 1 atom stereocenters. The largest absolute Gasteiger partial charge is 0.393 e. The summed E-state index contributed by atoms with van der Waals surface area (Å²) >= 11 is 0. The highest BCUT2D eigenvalue weighted by atomic mass is 16.5. The summed E-state index contributed by atoms with van der Waals surface area (Å²) in [5, 5.41) is 9.08. The number of hydrogen-bond donors (Lipinski definition) is 1. The number of rotatable bonds is 2. The molecule has 1 aromatic carbocycles. The van der Waals surface area contributed by atoms with E-state index >= 15 is 0 Å². The second-order valence-electron chi connectivity index (χ2n) is 4.25. The van der Waals surface area contributed by atoms with Crippen LogP contribution in [-0.2, 0) is 9.53 Å². The Labute approximate surface area is 101 Å². The first-order valence-electron chi connectivity index (χ1n) is 5.75. The number of amides is 1. The lowest BCUT2D eigenvalue weighted by Crippen LogP contribution is -2.49. The molecule has 1 aromatic rings. The molecule has 4 nitrogen and oxygen atoms in total. The van der Waals surface area contributed by atoms with Crippen LogP contribution in [0.5, 0.6) is 0 Å². The van der Waals surface area contributed by atoms with Gasteiger partial charge in [0.2, 0.25) is 0 Å². The summed E-state index contributed by atoms with van der Waals surface area (Å²) in [6, 6.07) is 5.89. The van der Waals surface area contributed by atoms with E-state index in [1.807, 2.05) is 32.0 Å². The van der Waals surface area contributed by atoms with Crippen molar-refractivity contribution in [3.63, 3.8) is 0 Å². The van der Waals surface area contributed by atoms with Crippen molar-refractivity contribution in [1.82, 2.24) is 0 Å². The van der Waals surface area contributed by atoms with E-state index in [9.17, 15) is 4.79 Å². The van der Waals surface area contributed by atoms with Crippen LogP contribution in [0.2, 0.25) is 0 Å². The summed E-state index contributed by atoms with van der Waals surface area (Å²) in [5.74, 6) is -0.160. The number of aliphatic hydroxyl groups excluding tert-OH is 1. The Kier molecular flexibility index (Phi) is 3.45. The predicted molar refractivity (Wildman–Crippen MR) is 65.1 cm³/mol. The Morgan fingerprint density at radius 3 is 2.94 bits per heavy atom. The van der Waals surface area contributed by atoms with Crippen LogP contribution >= 0.6 is 0 Å². The topological polar surface area (TPSA) is 49.8 Å². The molecular formula is C13H17NO3. The smallest absolute Gasteiger partial charge is 0.258 e. The molecule has 17 heavy (non-hydrogen) atoms. The third-order valence-corrected chi connectivity index (χ3v) is 3.21. The van der Waals surface area contributed by atoms with Gasteiger partial charge in [-0.15, -0.1) is 0 Å². The van der Waals surface area contributed by atoms with E-state index in [-0.39, 0.29) is 12.5 Å². The minimum absolute atomic E-state index is 0.160. The number of aliphatic hydroxyl groups is 1. The Morgan fingerprint density at radius 1 is 1.47 bits per heavy atom. The van der Waals surface area contributed by atoms with Crippen molar-refractivity contribution in [2.75, 3.05) is 24.7 Å². The van der Waals surface area contributed by atoms with Crippen molar-refractivity contribution >= 4 is 11.6 Å². The first kappa shape index (κ1) is 12.1. The van der Waals surface area contributed by atoms with Gasteiger partial charge in [-0.3, -0.25) is 4.79 Å². The van der Waals surface area contributed by atoms with Gasteiger partial charge in [-0.25, -0.2) is 0 Å². The minimum Gasteiger partial charge on any atom is -0.393 e. The van der Waals surface area contributed by atoms with Crippen LogP contribution in [0.3, 0.4) is 0 Å². The van der Waals surface area contributed by atoms with Crippen molar-refractivity contribution in [2.45, 2.75) is 20.0 Å². The van der Waals surface area contributed by atoms with Crippen molar-refractivity contribution in [1.29, 1.82) is 0 Å². The molecule has 0 radical (unpaired) electrons. The molecule has 1 aliphatic rings. The van der Waals surface area contributed by atoms with E-state index in [2.05, 4.69) is 0 Å². The first-order chi connectivity index (χ1) is 8.15. The molecule has 1 unspecified atom stereocenters. The molecule has 1 amide bonds. The molecule has 0 aromatic heterocycles. The summed E-state index contributed by atoms with van der Waals surface area (Å²) in [4.78, 5) is 13.8. The number of ether oxygens (including phenoxy) is 1. The van der Waals surface area contributed by atoms with Crippen molar-refractivity contribution < 1.29 is 14.6 Å². The highest BCUT2D eigenvalue weighted by Crippen LogP contribution is 2.25. The molecule has 0 saturated carbocycles. The maximum atomic E-state index is 12.1. The molecule has 1 aliphatic heterocycles. The van der Waals surface area contributed by atoms with Crippen LogP contribution in [0, 0.1) is 13.8 Å². The molecule has 1 heterocycles. The summed E-state index contributed by atoms with van der Waals surface area (Å²) in [7, 11) is 0. The number of nitrogens with zero attached hydrogens (tertiary/aromatic N) is 1. The van der Waals surface area contributed by atoms with Gasteiger partial charge in [-0.1, -0.05) is 12.1 Å². The number of carbonyl (C=O) groups excluding carboxylic acids is 1. The van der Waals surface area contributed by atoms with E-state index in [1.54, 1.807) is 4.90 Å². The van der Waals surface area contributed by atoms with Crippen LogP contribution < -0.4 is 4.90 Å². The molecule has 0 aliphatic carbocycles. The zero-order valence-electron chi connectivity index (χ0n) is 10.1. The molecule has 1 N–H and O–H groups in total. The predicted octanol–water partition coefficient (Wildman–Crippen LogP) is 1.03. The van der Waals surface area contributed by atoms with Crippen molar-refractivity contribution in [2.24, 2.45) is 0 Å². The lowest BCUT2D eigenvalue weighted by Gasteiger charge is -2.32. The summed E-state index contributed by atoms with van der Waals surface area (Å²) in [5.41, 5.74) is 3.17. The Bertz CT molecular complexity index is 431. The van der Waals surface area contributed by atoms with Crippen LogP contribution in [0.25, 0.3) is 0 Å². The second-order valence-corrected chi connectivity index (χ2v) is 4.25. The van der Waals surface area contributed by atoms with Gasteiger partial charge in [0.25, 0.3) is 5.91 Å². The molecule has 0 spiro atoms. The average molecular weight is 235 g/mol. The van der Waals surface area contributed by atoms with Crippen LogP contribution in [0.1, 0.15) is 11.1 Å². The molecule has 92 valence electrons. The van der Waals surface area contributed by atoms with E-state index in [0.717, 1.165) is 16.8 Å². The molecule has 4 heteroatoms. The van der Waals surface area contributed by atoms with Gasteiger partial charge in [0.1, 0.15) is 0 Å². The van der Waals surface area contributed by atoms with Gasteiger partial charge in [0.05, 0.1) is 13.2 Å². The molecular weight excluding hydrogens is 218 g/mol. The SMILES string of the molecule is Cc1cccc(N2CCOC(CO)C2=O)c1C. The monoisotopic (exact) mass is 235 g/mol. The lowest BCUT2D eigenvalue weighted by atomic mass is 10.1. The first-order valence-corrected chi connectivity index (χ1v) is 5.75. The number of carbonyl (C=O) groups is 1. The molecule has 1 fully saturated rings. The summed E-state index contributed by atoms with van der Waals surface area (Å²) in [6.07, 6.45) is -0.719. The second kappa shape index (κ2) is 4.85. The van der Waals surface area contributed by atoms with E-state index in [1.165, 1.54) is 0 Å². The number of aryl methyl sites for hydroxylation is 1. The van der Waals surface area contributed by atoms with Crippen LogP contribution in [0.15, 0.2) is 18.2 Å². The number of morpholine rings is 1. The van der Waals surface area contributed by atoms with Gasteiger partial charge in [0.15, 0.2) is 6.10 Å². The van der Waals surface area contributed by atoms with Crippen molar-refractivity contribution in [3.8, 4) is 0 Å². The van der Waals surface area contributed by atoms with Gasteiger partial charge < -0.3 is 14.7 Å². The highest BCUT2D eigenvalue weighted by molar-refractivity contribution is 5.98. The van der Waals surface area contributed by atoms with Gasteiger partial charge in [-0.2, -0.15) is 0 Å². The lowest BCUT2D eigenvalue weighted by molar-refractivity contribution is -0.136. The van der Waals surface area contributed by atoms with Crippen LogP contribution in [-0.4, -0.2) is 36.9 Å². The summed E-state index contributed by atoms with van der Waals surface area (Å²) < 4.78 is 5.22. The van der Waals surface area contributed by atoms with Gasteiger partial charge >= 0.3 is 0 Å². The fraction of sp³-hybridized carbons (Fsp3) is 0.462. The van der Waals surface area contributed by atoms with Gasteiger partial charge in [-0.05, 0) is 31.0 Å². The minimum atomic E-state index is -0.719. The fourth-order valence-electron chi connectivity index (χ4n) is 2.04. The van der Waals surface area contributed by atoms with E-state index in [4.69, 9.17) is 9.84 Å². The maximum Gasteiger partial charge on any atom is 0.258 e.